The van der Waals surface area contributed by atoms with Crippen molar-refractivity contribution in [2.75, 3.05) is 6.54 Å². The van der Waals surface area contributed by atoms with E-state index < -0.39 is 11.6 Å². The van der Waals surface area contributed by atoms with Crippen LogP contribution in [0.4, 0.5) is 8.78 Å². The molecule has 1 unspecified atom stereocenters. The van der Waals surface area contributed by atoms with E-state index in [4.69, 9.17) is 0 Å². The molecular weight excluding hydrogens is 256 g/mol. The van der Waals surface area contributed by atoms with Crippen LogP contribution in [0.25, 0.3) is 0 Å². The molecule has 0 spiro atoms. The molecule has 0 radical (unpaired) electrons. The highest BCUT2D eigenvalue weighted by molar-refractivity contribution is 5.22. The molecule has 0 amide bonds. The lowest BCUT2D eigenvalue weighted by Crippen LogP contribution is -2.21. The van der Waals surface area contributed by atoms with E-state index in [1.54, 1.807) is 0 Å². The van der Waals surface area contributed by atoms with Crippen molar-refractivity contribution >= 4 is 0 Å². The minimum absolute atomic E-state index is 0.111. The van der Waals surface area contributed by atoms with E-state index in [-0.39, 0.29) is 11.6 Å². The number of hydrogen-bond acceptors (Lipinski definition) is 1. The highest BCUT2D eigenvalue weighted by Crippen LogP contribution is 2.21. The van der Waals surface area contributed by atoms with Gasteiger partial charge in [0.25, 0.3) is 0 Å². The standard InChI is InChI=1S/C17H19F2N/c1-2-20-17(13-7-4-3-5-8-13)12-11-14-15(18)9-6-10-16(14)19/h3-10,17,20H,2,11-12H2,1H3. The second-order valence-electron chi connectivity index (χ2n) is 4.76. The molecule has 2 aromatic rings. The SMILES string of the molecule is CCNC(CCc1c(F)cccc1F)c1ccccc1. The molecule has 0 bridgehead atoms. The van der Waals surface area contributed by atoms with E-state index in [0.29, 0.717) is 12.8 Å². The van der Waals surface area contributed by atoms with Crippen molar-refractivity contribution in [1.82, 2.24) is 5.32 Å². The summed E-state index contributed by atoms with van der Waals surface area (Å²) in [7, 11) is 0. The van der Waals surface area contributed by atoms with Crippen LogP contribution in [0.1, 0.15) is 30.5 Å². The zero-order valence-electron chi connectivity index (χ0n) is 11.6. The molecule has 0 aliphatic heterocycles. The van der Waals surface area contributed by atoms with Gasteiger partial charge in [-0.3, -0.25) is 0 Å². The summed E-state index contributed by atoms with van der Waals surface area (Å²) in [5, 5.41) is 3.36. The summed E-state index contributed by atoms with van der Waals surface area (Å²) in [5.74, 6) is -0.929. The first-order valence-corrected chi connectivity index (χ1v) is 6.93. The summed E-state index contributed by atoms with van der Waals surface area (Å²) >= 11 is 0. The highest BCUT2D eigenvalue weighted by atomic mass is 19.1. The van der Waals surface area contributed by atoms with Crippen LogP contribution in [0.15, 0.2) is 48.5 Å². The van der Waals surface area contributed by atoms with E-state index in [1.165, 1.54) is 18.2 Å². The average molecular weight is 275 g/mol. The first-order chi connectivity index (χ1) is 9.72. The van der Waals surface area contributed by atoms with Gasteiger partial charge < -0.3 is 5.32 Å². The quantitative estimate of drug-likeness (QED) is 0.831. The average Bonchev–Trinajstić information content (AvgIpc) is 2.46. The first kappa shape index (κ1) is 14.7. The lowest BCUT2D eigenvalue weighted by atomic mass is 9.98. The molecular formula is C17H19F2N. The van der Waals surface area contributed by atoms with Gasteiger partial charge in [-0.15, -0.1) is 0 Å². The molecule has 106 valence electrons. The zero-order chi connectivity index (χ0) is 14.4. The van der Waals surface area contributed by atoms with Crippen LogP contribution in [-0.4, -0.2) is 6.54 Å². The Morgan fingerprint density at radius 1 is 0.950 bits per heavy atom. The molecule has 3 heteroatoms. The maximum absolute atomic E-state index is 13.6. The summed E-state index contributed by atoms with van der Waals surface area (Å²) in [4.78, 5) is 0. The molecule has 0 saturated carbocycles. The molecule has 0 aromatic heterocycles. The maximum atomic E-state index is 13.6. The Labute approximate surface area is 118 Å². The minimum atomic E-state index is -0.465. The van der Waals surface area contributed by atoms with Crippen molar-refractivity contribution in [2.45, 2.75) is 25.8 Å². The number of halogens is 2. The summed E-state index contributed by atoms with van der Waals surface area (Å²) in [6, 6.07) is 14.1. The van der Waals surface area contributed by atoms with Gasteiger partial charge >= 0.3 is 0 Å². The Bertz CT molecular complexity index is 520. The predicted octanol–water partition coefficient (Wildman–Crippen LogP) is 4.25. The van der Waals surface area contributed by atoms with Gasteiger partial charge in [-0.2, -0.15) is 0 Å². The van der Waals surface area contributed by atoms with Crippen molar-refractivity contribution in [3.05, 3.63) is 71.3 Å². The van der Waals surface area contributed by atoms with Gasteiger partial charge in [0.2, 0.25) is 0 Å². The van der Waals surface area contributed by atoms with Gasteiger partial charge in [0, 0.05) is 11.6 Å². The van der Waals surface area contributed by atoms with Crippen LogP contribution in [0.3, 0.4) is 0 Å². The predicted molar refractivity (Wildman–Crippen MR) is 77.5 cm³/mol. The molecule has 1 nitrogen and oxygen atoms in total. The Morgan fingerprint density at radius 2 is 1.60 bits per heavy atom. The van der Waals surface area contributed by atoms with Crippen LogP contribution in [0, 0.1) is 11.6 Å². The molecule has 0 aliphatic rings. The molecule has 1 N–H and O–H groups in total. The molecule has 0 heterocycles. The fraction of sp³-hybridized carbons (Fsp3) is 0.294. The van der Waals surface area contributed by atoms with Gasteiger partial charge in [0.15, 0.2) is 0 Å². The van der Waals surface area contributed by atoms with Crippen LogP contribution >= 0.6 is 0 Å². The van der Waals surface area contributed by atoms with Crippen LogP contribution in [-0.2, 0) is 6.42 Å². The summed E-state index contributed by atoms with van der Waals surface area (Å²) < 4.78 is 27.3. The molecule has 0 saturated heterocycles. The second-order valence-corrected chi connectivity index (χ2v) is 4.76. The van der Waals surface area contributed by atoms with E-state index in [9.17, 15) is 8.78 Å². The Hall–Kier alpha value is -1.74. The summed E-state index contributed by atoms with van der Waals surface area (Å²) in [6.07, 6.45) is 1.04. The fourth-order valence-corrected chi connectivity index (χ4v) is 2.38. The van der Waals surface area contributed by atoms with Gasteiger partial charge in [-0.1, -0.05) is 43.3 Å². The lowest BCUT2D eigenvalue weighted by Gasteiger charge is -2.18. The van der Waals surface area contributed by atoms with E-state index in [0.717, 1.165) is 12.1 Å². The molecule has 20 heavy (non-hydrogen) atoms. The molecule has 0 aliphatic carbocycles. The Balaban J connectivity index is 2.10. The monoisotopic (exact) mass is 275 g/mol. The van der Waals surface area contributed by atoms with Gasteiger partial charge in [-0.25, -0.2) is 8.78 Å². The summed E-state index contributed by atoms with van der Waals surface area (Å²) in [6.45, 7) is 2.85. The minimum Gasteiger partial charge on any atom is -0.310 e. The third-order valence-electron chi connectivity index (χ3n) is 3.40. The van der Waals surface area contributed by atoms with E-state index in [2.05, 4.69) is 5.32 Å². The van der Waals surface area contributed by atoms with Crippen LogP contribution in [0.5, 0.6) is 0 Å². The van der Waals surface area contributed by atoms with Crippen molar-refractivity contribution in [1.29, 1.82) is 0 Å². The van der Waals surface area contributed by atoms with Crippen molar-refractivity contribution in [3.63, 3.8) is 0 Å². The molecule has 2 aromatic carbocycles. The molecule has 2 rings (SSSR count). The number of benzene rings is 2. The number of nitrogens with one attached hydrogen (secondary N) is 1. The maximum Gasteiger partial charge on any atom is 0.129 e. The second kappa shape index (κ2) is 7.15. The fourth-order valence-electron chi connectivity index (χ4n) is 2.38. The highest BCUT2D eigenvalue weighted by Gasteiger charge is 2.13. The topological polar surface area (TPSA) is 12.0 Å². The van der Waals surface area contributed by atoms with Gasteiger partial charge in [0.05, 0.1) is 0 Å². The Kier molecular flexibility index (Phi) is 5.24. The number of rotatable bonds is 6. The summed E-state index contributed by atoms with van der Waals surface area (Å²) in [5.41, 5.74) is 1.32. The zero-order valence-corrected chi connectivity index (χ0v) is 11.6. The van der Waals surface area contributed by atoms with Gasteiger partial charge in [0.1, 0.15) is 11.6 Å². The van der Waals surface area contributed by atoms with Crippen molar-refractivity contribution in [2.24, 2.45) is 0 Å². The lowest BCUT2D eigenvalue weighted by molar-refractivity contribution is 0.492. The smallest absolute Gasteiger partial charge is 0.129 e. The van der Waals surface area contributed by atoms with Crippen molar-refractivity contribution < 1.29 is 8.78 Å². The third kappa shape index (κ3) is 3.64. The molecule has 1 atom stereocenters. The van der Waals surface area contributed by atoms with E-state index in [1.807, 2.05) is 37.3 Å². The third-order valence-corrected chi connectivity index (χ3v) is 3.40. The van der Waals surface area contributed by atoms with E-state index >= 15 is 0 Å². The normalized spacial score (nSPS) is 12.3. The number of hydrogen-bond donors (Lipinski definition) is 1. The molecule has 0 fully saturated rings. The first-order valence-electron chi connectivity index (χ1n) is 6.93. The van der Waals surface area contributed by atoms with Crippen LogP contribution in [0.2, 0.25) is 0 Å². The largest absolute Gasteiger partial charge is 0.310 e. The Morgan fingerprint density at radius 3 is 2.20 bits per heavy atom. The van der Waals surface area contributed by atoms with Gasteiger partial charge in [-0.05, 0) is 37.1 Å². The van der Waals surface area contributed by atoms with Crippen LogP contribution < -0.4 is 5.32 Å². The van der Waals surface area contributed by atoms with Crippen molar-refractivity contribution in [3.8, 4) is 0 Å².